The molecule has 1 heterocycles. The summed E-state index contributed by atoms with van der Waals surface area (Å²) in [4.78, 5) is 4.31. The molecule has 0 unspecified atom stereocenters. The zero-order chi connectivity index (χ0) is 13.7. The van der Waals surface area contributed by atoms with Crippen molar-refractivity contribution in [2.24, 2.45) is 5.41 Å². The number of nitriles is 1. The highest BCUT2D eigenvalue weighted by Crippen LogP contribution is 2.24. The molecule has 1 N–H and O–H groups in total. The average Bonchev–Trinajstić information content (AvgIpc) is 2.43. The lowest BCUT2D eigenvalue weighted by atomic mass is 9.88. The lowest BCUT2D eigenvalue weighted by Gasteiger charge is -2.24. The van der Waals surface area contributed by atoms with Crippen LogP contribution in [0.5, 0.6) is 0 Å². The average molecular weight is 253 g/mol. The van der Waals surface area contributed by atoms with E-state index in [9.17, 15) is 0 Å². The Kier molecular flexibility index (Phi) is 4.01. The van der Waals surface area contributed by atoms with E-state index >= 15 is 0 Å². The molecule has 0 aliphatic heterocycles. The summed E-state index contributed by atoms with van der Waals surface area (Å²) in [6.07, 6.45) is 3.32. The fraction of sp³-hybridized carbons (Fsp3) is 0.375. The lowest BCUT2D eigenvalue weighted by Crippen LogP contribution is -2.22. The molecule has 0 spiro atoms. The van der Waals surface area contributed by atoms with Crippen LogP contribution >= 0.6 is 0 Å². The number of benzene rings is 1. The molecule has 2 aromatic rings. The Bertz CT molecular complexity index is 596. The molecule has 1 aromatic carbocycles. The summed E-state index contributed by atoms with van der Waals surface area (Å²) >= 11 is 0. The molecule has 0 aliphatic carbocycles. The molecule has 1 aromatic heterocycles. The Morgan fingerprint density at radius 2 is 2.16 bits per heavy atom. The first kappa shape index (κ1) is 13.4. The van der Waals surface area contributed by atoms with Crippen LogP contribution in [0.1, 0.15) is 26.7 Å². The summed E-state index contributed by atoms with van der Waals surface area (Å²) in [6, 6.07) is 12.4. The Morgan fingerprint density at radius 3 is 2.95 bits per heavy atom. The minimum Gasteiger partial charge on any atom is -0.384 e. The first-order chi connectivity index (χ1) is 9.11. The third kappa shape index (κ3) is 3.69. The van der Waals surface area contributed by atoms with E-state index in [1.807, 2.05) is 12.1 Å². The summed E-state index contributed by atoms with van der Waals surface area (Å²) < 4.78 is 0. The number of hydrogen-bond donors (Lipinski definition) is 1. The molecule has 0 amide bonds. The zero-order valence-corrected chi connectivity index (χ0v) is 11.5. The van der Waals surface area contributed by atoms with Crippen LogP contribution in [0, 0.1) is 16.7 Å². The number of anilines is 1. The summed E-state index contributed by atoms with van der Waals surface area (Å²) in [5.74, 6) is 0. The van der Waals surface area contributed by atoms with E-state index in [2.05, 4.69) is 48.4 Å². The van der Waals surface area contributed by atoms with Gasteiger partial charge in [0, 0.05) is 30.2 Å². The van der Waals surface area contributed by atoms with Gasteiger partial charge in [0.1, 0.15) is 0 Å². The SMILES string of the molecule is CC(C)(CCC#N)CNc1ccc2ncccc2c1. The topological polar surface area (TPSA) is 48.7 Å². The minimum absolute atomic E-state index is 0.125. The van der Waals surface area contributed by atoms with E-state index in [-0.39, 0.29) is 5.41 Å². The van der Waals surface area contributed by atoms with Gasteiger partial charge in [0.15, 0.2) is 0 Å². The maximum atomic E-state index is 8.66. The van der Waals surface area contributed by atoms with Gasteiger partial charge in [0.2, 0.25) is 0 Å². The number of hydrogen-bond acceptors (Lipinski definition) is 3. The van der Waals surface area contributed by atoms with Gasteiger partial charge in [-0.15, -0.1) is 0 Å². The van der Waals surface area contributed by atoms with Crippen molar-refractivity contribution < 1.29 is 0 Å². The van der Waals surface area contributed by atoms with E-state index < -0.39 is 0 Å². The summed E-state index contributed by atoms with van der Waals surface area (Å²) in [5.41, 5.74) is 2.24. The molecule has 0 saturated heterocycles. The lowest BCUT2D eigenvalue weighted by molar-refractivity contribution is 0.364. The molecule has 0 bridgehead atoms. The standard InChI is InChI=1S/C16H19N3/c1-16(2,8-4-9-17)12-19-14-6-7-15-13(11-14)5-3-10-18-15/h3,5-7,10-11,19H,4,8,12H2,1-2H3. The van der Waals surface area contributed by atoms with Crippen LogP contribution in [-0.4, -0.2) is 11.5 Å². The third-order valence-corrected chi connectivity index (χ3v) is 3.29. The van der Waals surface area contributed by atoms with Crippen LogP contribution in [0.2, 0.25) is 0 Å². The van der Waals surface area contributed by atoms with Crippen LogP contribution in [-0.2, 0) is 0 Å². The van der Waals surface area contributed by atoms with Gasteiger partial charge in [-0.05, 0) is 36.1 Å². The van der Waals surface area contributed by atoms with Crippen molar-refractivity contribution in [3.63, 3.8) is 0 Å². The Labute approximate surface area is 114 Å². The maximum Gasteiger partial charge on any atom is 0.0703 e. The molecular formula is C16H19N3. The molecule has 3 heteroatoms. The largest absolute Gasteiger partial charge is 0.384 e. The highest BCUT2D eigenvalue weighted by molar-refractivity contribution is 5.82. The van der Waals surface area contributed by atoms with Crippen molar-refractivity contribution in [3.05, 3.63) is 36.5 Å². The molecule has 0 aliphatic rings. The van der Waals surface area contributed by atoms with Crippen molar-refractivity contribution in [2.75, 3.05) is 11.9 Å². The summed E-state index contributed by atoms with van der Waals surface area (Å²) in [5, 5.41) is 13.2. The highest BCUT2D eigenvalue weighted by Gasteiger charge is 2.16. The number of nitrogens with one attached hydrogen (secondary N) is 1. The first-order valence-electron chi connectivity index (χ1n) is 6.56. The molecule has 0 atom stereocenters. The van der Waals surface area contributed by atoms with Gasteiger partial charge in [0.05, 0.1) is 11.6 Å². The third-order valence-electron chi connectivity index (χ3n) is 3.29. The van der Waals surface area contributed by atoms with Crippen LogP contribution in [0.4, 0.5) is 5.69 Å². The van der Waals surface area contributed by atoms with Gasteiger partial charge in [-0.3, -0.25) is 4.98 Å². The van der Waals surface area contributed by atoms with Gasteiger partial charge in [0.25, 0.3) is 0 Å². The normalized spacial score (nSPS) is 11.2. The van der Waals surface area contributed by atoms with Gasteiger partial charge in [-0.25, -0.2) is 0 Å². The number of aromatic nitrogens is 1. The second-order valence-corrected chi connectivity index (χ2v) is 5.59. The second kappa shape index (κ2) is 5.71. The van der Waals surface area contributed by atoms with Gasteiger partial charge in [-0.2, -0.15) is 5.26 Å². The fourth-order valence-electron chi connectivity index (χ4n) is 2.01. The van der Waals surface area contributed by atoms with Crippen LogP contribution < -0.4 is 5.32 Å². The number of pyridine rings is 1. The molecule has 0 fully saturated rings. The van der Waals surface area contributed by atoms with E-state index in [1.54, 1.807) is 6.20 Å². The second-order valence-electron chi connectivity index (χ2n) is 5.59. The molecular weight excluding hydrogens is 234 g/mol. The van der Waals surface area contributed by atoms with Gasteiger partial charge >= 0.3 is 0 Å². The van der Waals surface area contributed by atoms with Crippen LogP contribution in [0.3, 0.4) is 0 Å². The highest BCUT2D eigenvalue weighted by atomic mass is 14.9. The Hall–Kier alpha value is -2.08. The van der Waals surface area contributed by atoms with Gasteiger partial charge in [-0.1, -0.05) is 19.9 Å². The number of rotatable bonds is 5. The predicted molar refractivity (Wildman–Crippen MR) is 78.9 cm³/mol. The van der Waals surface area contributed by atoms with Crippen molar-refractivity contribution in [1.82, 2.24) is 4.98 Å². The Balaban J connectivity index is 2.03. The quantitative estimate of drug-likeness (QED) is 0.876. The smallest absolute Gasteiger partial charge is 0.0703 e. The van der Waals surface area contributed by atoms with E-state index in [0.717, 1.165) is 29.6 Å². The molecule has 0 saturated carbocycles. The number of nitrogens with zero attached hydrogens (tertiary/aromatic N) is 2. The molecule has 19 heavy (non-hydrogen) atoms. The number of fused-ring (bicyclic) bond motifs is 1. The van der Waals surface area contributed by atoms with Crippen molar-refractivity contribution in [3.8, 4) is 6.07 Å². The van der Waals surface area contributed by atoms with Crippen molar-refractivity contribution >= 4 is 16.6 Å². The molecule has 2 rings (SSSR count). The maximum absolute atomic E-state index is 8.66. The van der Waals surface area contributed by atoms with E-state index in [0.29, 0.717) is 6.42 Å². The first-order valence-corrected chi connectivity index (χ1v) is 6.56. The van der Waals surface area contributed by atoms with Gasteiger partial charge < -0.3 is 5.32 Å². The minimum atomic E-state index is 0.125. The van der Waals surface area contributed by atoms with Crippen LogP contribution in [0.25, 0.3) is 10.9 Å². The predicted octanol–water partition coefficient (Wildman–Crippen LogP) is 3.98. The van der Waals surface area contributed by atoms with E-state index in [4.69, 9.17) is 5.26 Å². The molecule has 3 nitrogen and oxygen atoms in total. The van der Waals surface area contributed by atoms with E-state index in [1.165, 1.54) is 0 Å². The fourth-order valence-corrected chi connectivity index (χ4v) is 2.01. The van der Waals surface area contributed by atoms with Crippen LogP contribution in [0.15, 0.2) is 36.5 Å². The Morgan fingerprint density at radius 1 is 1.32 bits per heavy atom. The summed E-state index contributed by atoms with van der Waals surface area (Å²) in [7, 11) is 0. The summed E-state index contributed by atoms with van der Waals surface area (Å²) in [6.45, 7) is 5.22. The van der Waals surface area contributed by atoms with Crippen molar-refractivity contribution in [2.45, 2.75) is 26.7 Å². The van der Waals surface area contributed by atoms with Crippen molar-refractivity contribution in [1.29, 1.82) is 5.26 Å². The molecule has 98 valence electrons. The zero-order valence-electron chi connectivity index (χ0n) is 11.5. The monoisotopic (exact) mass is 253 g/mol. The molecule has 0 radical (unpaired) electrons.